The molecule has 0 saturated heterocycles. The Bertz CT molecular complexity index is 1190. The normalized spacial score (nSPS) is 11.8. The van der Waals surface area contributed by atoms with Gasteiger partial charge in [0.1, 0.15) is 6.04 Å². The molecule has 3 rings (SSSR count). The van der Waals surface area contributed by atoms with Gasteiger partial charge < -0.3 is 10.2 Å². The third kappa shape index (κ3) is 9.10. The number of rotatable bonds is 12. The van der Waals surface area contributed by atoms with Crippen LogP contribution < -0.4 is 5.32 Å². The van der Waals surface area contributed by atoms with E-state index in [0.717, 1.165) is 16.9 Å². The van der Waals surface area contributed by atoms with Gasteiger partial charge >= 0.3 is 0 Å². The zero-order valence-electron chi connectivity index (χ0n) is 21.5. The molecule has 0 heterocycles. The highest BCUT2D eigenvalue weighted by Gasteiger charge is 2.30. The first kappa shape index (κ1) is 29.1. The molecule has 4 nitrogen and oxygen atoms in total. The van der Waals surface area contributed by atoms with Gasteiger partial charge in [-0.2, -0.15) is 0 Å². The predicted octanol–water partition coefficient (Wildman–Crippen LogP) is 6.95. The van der Waals surface area contributed by atoms with Crippen LogP contribution in [0.15, 0.2) is 72.8 Å². The SMILES string of the molecule is Cc1ccccc1CSCC(=O)N(Cc1ccc(Cl)c(Cl)c1)[C@@H](Cc1ccccc1)C(=O)NCC(C)C. The third-order valence-corrected chi connectivity index (χ3v) is 7.74. The Morgan fingerprint density at radius 2 is 1.62 bits per heavy atom. The first-order valence-electron chi connectivity index (χ1n) is 12.4. The van der Waals surface area contributed by atoms with Crippen molar-refractivity contribution in [3.05, 3.63) is 105 Å². The van der Waals surface area contributed by atoms with Gasteiger partial charge in [-0.05, 0) is 47.2 Å². The second kappa shape index (κ2) is 14.5. The van der Waals surface area contributed by atoms with Crippen LogP contribution in [-0.4, -0.2) is 35.1 Å². The van der Waals surface area contributed by atoms with Crippen LogP contribution in [0.25, 0.3) is 0 Å². The Kier molecular flexibility index (Phi) is 11.4. The van der Waals surface area contributed by atoms with Gasteiger partial charge in [-0.3, -0.25) is 9.59 Å². The van der Waals surface area contributed by atoms with Crippen LogP contribution in [-0.2, 0) is 28.3 Å². The molecule has 0 spiro atoms. The van der Waals surface area contributed by atoms with E-state index in [1.807, 2.05) is 62.4 Å². The Hall–Kier alpha value is -2.47. The van der Waals surface area contributed by atoms with E-state index in [9.17, 15) is 9.59 Å². The molecule has 37 heavy (non-hydrogen) atoms. The van der Waals surface area contributed by atoms with Crippen molar-refractivity contribution in [1.29, 1.82) is 0 Å². The number of hydrogen-bond donors (Lipinski definition) is 1. The van der Waals surface area contributed by atoms with E-state index in [0.29, 0.717) is 28.9 Å². The van der Waals surface area contributed by atoms with E-state index >= 15 is 0 Å². The molecule has 0 aliphatic heterocycles. The quantitative estimate of drug-likeness (QED) is 0.262. The smallest absolute Gasteiger partial charge is 0.243 e. The highest BCUT2D eigenvalue weighted by atomic mass is 35.5. The summed E-state index contributed by atoms with van der Waals surface area (Å²) < 4.78 is 0. The molecule has 0 unspecified atom stereocenters. The lowest BCUT2D eigenvalue weighted by Gasteiger charge is -2.32. The topological polar surface area (TPSA) is 49.4 Å². The molecule has 0 bridgehead atoms. The van der Waals surface area contributed by atoms with E-state index in [1.165, 1.54) is 11.1 Å². The van der Waals surface area contributed by atoms with Crippen LogP contribution in [0.3, 0.4) is 0 Å². The number of carbonyl (C=O) groups is 2. The van der Waals surface area contributed by atoms with Crippen LogP contribution in [0.2, 0.25) is 10.0 Å². The van der Waals surface area contributed by atoms with Crippen LogP contribution in [0.1, 0.15) is 36.1 Å². The van der Waals surface area contributed by atoms with Gasteiger partial charge in [0.25, 0.3) is 0 Å². The summed E-state index contributed by atoms with van der Waals surface area (Å²) in [5.41, 5.74) is 4.21. The van der Waals surface area contributed by atoms with E-state index in [2.05, 4.69) is 24.4 Å². The number of halogens is 2. The largest absolute Gasteiger partial charge is 0.354 e. The zero-order valence-corrected chi connectivity index (χ0v) is 23.9. The van der Waals surface area contributed by atoms with Gasteiger partial charge in [0.15, 0.2) is 0 Å². The summed E-state index contributed by atoms with van der Waals surface area (Å²) in [4.78, 5) is 28.9. The molecule has 1 atom stereocenters. The minimum Gasteiger partial charge on any atom is -0.354 e. The lowest BCUT2D eigenvalue weighted by atomic mass is 10.0. The van der Waals surface area contributed by atoms with E-state index in [4.69, 9.17) is 23.2 Å². The molecule has 0 fully saturated rings. The molecular formula is C30H34Cl2N2O2S. The van der Waals surface area contributed by atoms with Crippen molar-refractivity contribution in [3.8, 4) is 0 Å². The minimum atomic E-state index is -0.665. The summed E-state index contributed by atoms with van der Waals surface area (Å²) in [5, 5.41) is 3.92. The number of aryl methyl sites for hydroxylation is 1. The molecule has 2 amide bonds. The van der Waals surface area contributed by atoms with Gasteiger partial charge in [0.2, 0.25) is 11.8 Å². The lowest BCUT2D eigenvalue weighted by molar-refractivity contribution is -0.139. The Labute approximate surface area is 234 Å². The average molecular weight is 558 g/mol. The van der Waals surface area contributed by atoms with Crippen molar-refractivity contribution < 1.29 is 9.59 Å². The average Bonchev–Trinajstić information content (AvgIpc) is 2.88. The first-order chi connectivity index (χ1) is 17.7. The fraction of sp³-hybridized carbons (Fsp3) is 0.333. The summed E-state index contributed by atoms with van der Waals surface area (Å²) in [6, 6.07) is 22.6. The maximum absolute atomic E-state index is 13.7. The molecule has 0 aliphatic rings. The molecule has 3 aromatic rings. The molecule has 0 aliphatic carbocycles. The number of amides is 2. The molecular weight excluding hydrogens is 523 g/mol. The van der Waals surface area contributed by atoms with Crippen molar-refractivity contribution in [2.24, 2.45) is 5.92 Å². The van der Waals surface area contributed by atoms with Crippen molar-refractivity contribution >= 4 is 46.8 Å². The maximum Gasteiger partial charge on any atom is 0.243 e. The predicted molar refractivity (Wildman–Crippen MR) is 156 cm³/mol. The van der Waals surface area contributed by atoms with Crippen molar-refractivity contribution in [1.82, 2.24) is 10.2 Å². The van der Waals surface area contributed by atoms with Crippen LogP contribution in [0, 0.1) is 12.8 Å². The second-order valence-electron chi connectivity index (χ2n) is 9.53. The van der Waals surface area contributed by atoms with Crippen molar-refractivity contribution in [3.63, 3.8) is 0 Å². The summed E-state index contributed by atoms with van der Waals surface area (Å²) in [7, 11) is 0. The summed E-state index contributed by atoms with van der Waals surface area (Å²) in [6.45, 7) is 6.97. The number of benzene rings is 3. The number of nitrogens with zero attached hydrogens (tertiary/aromatic N) is 1. The Morgan fingerprint density at radius 3 is 2.30 bits per heavy atom. The number of carbonyl (C=O) groups excluding carboxylic acids is 2. The Balaban J connectivity index is 1.87. The van der Waals surface area contributed by atoms with Gasteiger partial charge in [-0.25, -0.2) is 0 Å². The Morgan fingerprint density at radius 1 is 0.919 bits per heavy atom. The molecule has 0 saturated carbocycles. The monoisotopic (exact) mass is 556 g/mol. The molecule has 3 aromatic carbocycles. The van der Waals surface area contributed by atoms with Crippen LogP contribution in [0.4, 0.5) is 0 Å². The second-order valence-corrected chi connectivity index (χ2v) is 11.3. The zero-order chi connectivity index (χ0) is 26.8. The molecule has 7 heteroatoms. The highest BCUT2D eigenvalue weighted by molar-refractivity contribution is 7.99. The molecule has 196 valence electrons. The van der Waals surface area contributed by atoms with E-state index in [-0.39, 0.29) is 24.1 Å². The van der Waals surface area contributed by atoms with Gasteiger partial charge in [0.05, 0.1) is 15.8 Å². The molecule has 0 radical (unpaired) electrons. The van der Waals surface area contributed by atoms with E-state index < -0.39 is 6.04 Å². The first-order valence-corrected chi connectivity index (χ1v) is 14.3. The fourth-order valence-corrected chi connectivity index (χ4v) is 5.22. The number of nitrogens with one attached hydrogen (secondary N) is 1. The number of thioether (sulfide) groups is 1. The summed E-state index contributed by atoms with van der Waals surface area (Å²) in [6.07, 6.45) is 0.417. The standard InChI is InChI=1S/C30H34Cl2N2O2S/c1-21(2)17-33-30(36)28(16-23-10-5-4-6-11-23)34(18-24-13-14-26(31)27(32)15-24)29(35)20-37-19-25-12-8-7-9-22(25)3/h4-15,21,28H,16-20H2,1-3H3,(H,33,36)/t28-/m0/s1. The van der Waals surface area contributed by atoms with Crippen molar-refractivity contribution in [2.45, 2.75) is 45.5 Å². The minimum absolute atomic E-state index is 0.0923. The van der Waals surface area contributed by atoms with Crippen molar-refractivity contribution in [2.75, 3.05) is 12.3 Å². The molecule has 1 N–H and O–H groups in total. The summed E-state index contributed by atoms with van der Waals surface area (Å²) in [5.74, 6) is 1.03. The number of hydrogen-bond acceptors (Lipinski definition) is 3. The van der Waals surface area contributed by atoms with Crippen LogP contribution >= 0.6 is 35.0 Å². The van der Waals surface area contributed by atoms with E-state index in [1.54, 1.807) is 28.8 Å². The van der Waals surface area contributed by atoms with Gasteiger partial charge in [0, 0.05) is 25.3 Å². The maximum atomic E-state index is 13.7. The summed E-state index contributed by atoms with van der Waals surface area (Å²) >= 11 is 14.0. The highest BCUT2D eigenvalue weighted by Crippen LogP contribution is 2.25. The lowest BCUT2D eigenvalue weighted by Crippen LogP contribution is -2.51. The van der Waals surface area contributed by atoms with Crippen LogP contribution in [0.5, 0.6) is 0 Å². The fourth-order valence-electron chi connectivity index (χ4n) is 3.91. The van der Waals surface area contributed by atoms with Gasteiger partial charge in [-0.1, -0.05) is 97.7 Å². The van der Waals surface area contributed by atoms with Gasteiger partial charge in [-0.15, -0.1) is 11.8 Å². The molecule has 0 aromatic heterocycles. The third-order valence-electron chi connectivity index (χ3n) is 6.04.